The summed E-state index contributed by atoms with van der Waals surface area (Å²) >= 11 is 0. The summed E-state index contributed by atoms with van der Waals surface area (Å²) in [6.07, 6.45) is 14.6. The van der Waals surface area contributed by atoms with Gasteiger partial charge in [0.05, 0.1) is 37.3 Å². The number of morpholine rings is 1. The van der Waals surface area contributed by atoms with Gasteiger partial charge in [0, 0.05) is 75.5 Å². The third kappa shape index (κ3) is 4.23. The Labute approximate surface area is 213 Å². The summed E-state index contributed by atoms with van der Waals surface area (Å²) < 4.78 is 9.72. The van der Waals surface area contributed by atoms with Crippen LogP contribution < -0.4 is 9.80 Å². The normalized spacial score (nSPS) is 24.3. The molecule has 2 aromatic rings. The molecule has 5 heterocycles. The maximum Gasteiger partial charge on any atom is 0.222 e. The Morgan fingerprint density at radius 1 is 1.17 bits per heavy atom. The molecule has 36 heavy (non-hydrogen) atoms. The predicted octanol–water partition coefficient (Wildman–Crippen LogP) is 2.69. The monoisotopic (exact) mass is 491 g/mol. The lowest BCUT2D eigenvalue weighted by Gasteiger charge is -2.32. The van der Waals surface area contributed by atoms with Crippen LogP contribution in [-0.4, -0.2) is 76.3 Å². The highest BCUT2D eigenvalue weighted by Crippen LogP contribution is 2.40. The summed E-state index contributed by atoms with van der Waals surface area (Å²) in [6, 6.07) is 0. The number of fused-ring (bicyclic) bond motifs is 2. The highest BCUT2D eigenvalue weighted by atomic mass is 16.5. The fourth-order valence-electron chi connectivity index (χ4n) is 6.28. The highest BCUT2D eigenvalue weighted by Gasteiger charge is 2.36. The van der Waals surface area contributed by atoms with E-state index in [0.717, 1.165) is 71.0 Å². The zero-order chi connectivity index (χ0) is 24.6. The Morgan fingerprint density at radius 3 is 2.81 bits per heavy atom. The maximum absolute atomic E-state index is 12.6. The zero-order valence-electron chi connectivity index (χ0n) is 21.5. The van der Waals surface area contributed by atoms with Crippen LogP contribution in [0.5, 0.6) is 0 Å². The molecule has 2 aromatic heterocycles. The van der Waals surface area contributed by atoms with Crippen molar-refractivity contribution in [2.75, 3.05) is 55.7 Å². The van der Waals surface area contributed by atoms with Gasteiger partial charge in [0.25, 0.3) is 0 Å². The van der Waals surface area contributed by atoms with Gasteiger partial charge in [0.15, 0.2) is 5.82 Å². The molecule has 192 valence electrons. The molecule has 0 spiro atoms. The Hall–Kier alpha value is -3.07. The summed E-state index contributed by atoms with van der Waals surface area (Å²) in [5.41, 5.74) is 4.98. The molecule has 2 fully saturated rings. The number of anilines is 2. The fraction of sp³-hybridized carbons (Fsp3) is 0.593. The number of hydrogen-bond donors (Lipinski definition) is 0. The molecule has 1 amide bonds. The van der Waals surface area contributed by atoms with E-state index in [0.29, 0.717) is 24.8 Å². The molecular weight excluding hydrogens is 454 g/mol. The van der Waals surface area contributed by atoms with Crippen molar-refractivity contribution < 1.29 is 9.53 Å². The van der Waals surface area contributed by atoms with Crippen molar-refractivity contribution in [1.82, 2.24) is 24.5 Å². The lowest BCUT2D eigenvalue weighted by molar-refractivity contribution is -0.131. The predicted molar refractivity (Wildman–Crippen MR) is 140 cm³/mol. The van der Waals surface area contributed by atoms with Gasteiger partial charge in [-0.25, -0.2) is 4.68 Å². The molecule has 3 aliphatic heterocycles. The number of nitrogens with zero attached hydrogens (tertiary/aromatic N) is 7. The molecule has 4 aliphatic rings. The Morgan fingerprint density at radius 2 is 2.03 bits per heavy atom. The molecule has 6 rings (SSSR count). The van der Waals surface area contributed by atoms with Crippen molar-refractivity contribution in [3.8, 4) is 0 Å². The number of amides is 1. The lowest BCUT2D eigenvalue weighted by Crippen LogP contribution is -2.39. The van der Waals surface area contributed by atoms with Gasteiger partial charge in [-0.3, -0.25) is 9.48 Å². The van der Waals surface area contributed by atoms with E-state index in [1.807, 2.05) is 29.7 Å². The Kier molecular flexibility index (Phi) is 6.33. The second-order valence-electron chi connectivity index (χ2n) is 10.4. The van der Waals surface area contributed by atoms with Crippen LogP contribution in [0.15, 0.2) is 30.6 Å². The molecular formula is C27H37N7O2. The van der Waals surface area contributed by atoms with Crippen LogP contribution in [0.2, 0.25) is 0 Å². The van der Waals surface area contributed by atoms with Gasteiger partial charge in [-0.1, -0.05) is 19.1 Å². The van der Waals surface area contributed by atoms with Crippen LogP contribution in [0.3, 0.4) is 0 Å². The van der Waals surface area contributed by atoms with Crippen LogP contribution >= 0.6 is 0 Å². The summed E-state index contributed by atoms with van der Waals surface area (Å²) in [5.74, 6) is 2.12. The minimum Gasteiger partial charge on any atom is -0.378 e. The fourth-order valence-corrected chi connectivity index (χ4v) is 6.28. The molecule has 2 unspecified atom stereocenters. The summed E-state index contributed by atoms with van der Waals surface area (Å²) in [6.45, 7) is 8.59. The second-order valence-corrected chi connectivity index (χ2v) is 10.4. The van der Waals surface area contributed by atoms with Crippen molar-refractivity contribution in [3.63, 3.8) is 0 Å². The molecule has 9 heteroatoms. The van der Waals surface area contributed by atoms with E-state index in [2.05, 4.69) is 44.0 Å². The number of aryl methyl sites for hydroxylation is 1. The first kappa shape index (κ1) is 23.3. The molecule has 2 saturated heterocycles. The SMILES string of the molecule is CCC(=O)N1CCc2c(N3CCOCC3)nn(C3=CC=CC4CN(c5cnn(C)c5)CCCC34)c2C1. The van der Waals surface area contributed by atoms with Crippen molar-refractivity contribution in [2.45, 2.75) is 39.2 Å². The minimum absolute atomic E-state index is 0.221. The first-order valence-corrected chi connectivity index (χ1v) is 13.5. The topological polar surface area (TPSA) is 71.7 Å². The van der Waals surface area contributed by atoms with Gasteiger partial charge < -0.3 is 19.4 Å². The van der Waals surface area contributed by atoms with Gasteiger partial charge in [0.2, 0.25) is 5.91 Å². The van der Waals surface area contributed by atoms with E-state index in [4.69, 9.17) is 9.84 Å². The summed E-state index contributed by atoms with van der Waals surface area (Å²) in [5, 5.41) is 9.68. The number of hydrogen-bond acceptors (Lipinski definition) is 6. The van der Waals surface area contributed by atoms with Crippen LogP contribution in [0.1, 0.15) is 37.4 Å². The smallest absolute Gasteiger partial charge is 0.222 e. The molecule has 1 aliphatic carbocycles. The van der Waals surface area contributed by atoms with Crippen LogP contribution in [0, 0.1) is 11.8 Å². The van der Waals surface area contributed by atoms with E-state index in [1.165, 1.54) is 22.6 Å². The Bertz CT molecular complexity index is 1170. The summed E-state index contributed by atoms with van der Waals surface area (Å²) in [4.78, 5) is 19.5. The van der Waals surface area contributed by atoms with E-state index >= 15 is 0 Å². The number of allylic oxidation sites excluding steroid dienone is 3. The number of rotatable bonds is 4. The average Bonchev–Trinajstić information content (AvgIpc) is 3.44. The molecule has 0 N–H and O–H groups in total. The van der Waals surface area contributed by atoms with Crippen molar-refractivity contribution >= 4 is 23.1 Å². The molecule has 0 saturated carbocycles. The molecule has 2 atom stereocenters. The van der Waals surface area contributed by atoms with Crippen molar-refractivity contribution in [1.29, 1.82) is 0 Å². The second kappa shape index (κ2) is 9.76. The molecule has 0 radical (unpaired) electrons. The van der Waals surface area contributed by atoms with Gasteiger partial charge in [-0.05, 0) is 25.3 Å². The van der Waals surface area contributed by atoms with Gasteiger partial charge >= 0.3 is 0 Å². The highest BCUT2D eigenvalue weighted by molar-refractivity contribution is 5.76. The first-order chi connectivity index (χ1) is 17.6. The van der Waals surface area contributed by atoms with Gasteiger partial charge in [0.1, 0.15) is 0 Å². The first-order valence-electron chi connectivity index (χ1n) is 13.5. The number of ether oxygens (including phenoxy) is 1. The molecule has 0 aromatic carbocycles. The third-order valence-corrected chi connectivity index (χ3v) is 8.20. The van der Waals surface area contributed by atoms with Gasteiger partial charge in [-0.2, -0.15) is 5.10 Å². The van der Waals surface area contributed by atoms with Crippen LogP contribution in [0.25, 0.3) is 5.70 Å². The molecule has 0 bridgehead atoms. The van der Waals surface area contributed by atoms with Crippen LogP contribution in [0.4, 0.5) is 11.5 Å². The largest absolute Gasteiger partial charge is 0.378 e. The Balaban J connectivity index is 1.34. The van der Waals surface area contributed by atoms with Crippen molar-refractivity contribution in [2.24, 2.45) is 18.9 Å². The standard InChI is InChI=1S/C27H37N7O2/c1-3-26(35)33-11-9-23-25(19-33)34(29-27(23)31-12-14-36-15-13-31)24-8-4-6-20-17-32(10-5-7-22(20)24)21-16-28-30(2)18-21/h4,6,8,16,18,20,22H,3,5,7,9-15,17,19H2,1-2H3. The zero-order valence-corrected chi connectivity index (χ0v) is 21.5. The third-order valence-electron chi connectivity index (χ3n) is 8.20. The minimum atomic E-state index is 0.221. The van der Waals surface area contributed by atoms with E-state index in [-0.39, 0.29) is 5.91 Å². The maximum atomic E-state index is 12.6. The number of aromatic nitrogens is 4. The quantitative estimate of drug-likeness (QED) is 0.655. The van der Waals surface area contributed by atoms with E-state index in [9.17, 15) is 4.79 Å². The summed E-state index contributed by atoms with van der Waals surface area (Å²) in [7, 11) is 1.98. The number of carbonyl (C=O) groups excluding carboxylic acids is 1. The van der Waals surface area contributed by atoms with E-state index in [1.54, 1.807) is 0 Å². The van der Waals surface area contributed by atoms with Crippen molar-refractivity contribution in [3.05, 3.63) is 41.9 Å². The van der Waals surface area contributed by atoms with Crippen LogP contribution in [-0.2, 0) is 29.5 Å². The number of carbonyl (C=O) groups is 1. The van der Waals surface area contributed by atoms with E-state index < -0.39 is 0 Å². The van der Waals surface area contributed by atoms with Gasteiger partial charge in [-0.15, -0.1) is 5.10 Å². The average molecular weight is 492 g/mol. The molecule has 9 nitrogen and oxygen atoms in total. The lowest BCUT2D eigenvalue weighted by atomic mass is 9.83.